The molecule has 168 valence electrons. The Balaban J connectivity index is 0.000000233. The molecule has 1 aromatic carbocycles. The Hall–Kier alpha value is -2.60. The van der Waals surface area contributed by atoms with E-state index in [0.29, 0.717) is 17.2 Å². The number of carbonyl (C=O) groups is 2. The van der Waals surface area contributed by atoms with E-state index in [1.165, 1.54) is 43.2 Å². The highest BCUT2D eigenvalue weighted by Gasteiger charge is 2.53. The first-order chi connectivity index (χ1) is 14.7. The largest absolute Gasteiger partial charge is 0.508 e. The number of aliphatic hydroxyl groups is 2. The fourth-order valence-electron chi connectivity index (χ4n) is 5.66. The summed E-state index contributed by atoms with van der Waals surface area (Å²) < 4.78 is 0. The molecule has 0 aromatic heterocycles. The lowest BCUT2D eigenvalue weighted by Crippen LogP contribution is -2.60. The SMILES string of the molecule is C#CCN1CC[C@@]23CCCC[C@H]2[C@@H]1Cc1ccc(O)cc13.O=C(O)[C@H](O)[C@@H](O)C(=O)O. The smallest absolute Gasteiger partial charge is 0.335 e. The number of aliphatic carboxylic acids is 2. The summed E-state index contributed by atoms with van der Waals surface area (Å²) in [4.78, 5) is 22.1. The van der Waals surface area contributed by atoms with Crippen molar-refractivity contribution < 1.29 is 35.1 Å². The molecule has 0 spiro atoms. The minimum absolute atomic E-state index is 0.306. The topological polar surface area (TPSA) is 139 Å². The van der Waals surface area contributed by atoms with Gasteiger partial charge in [-0.2, -0.15) is 0 Å². The van der Waals surface area contributed by atoms with Crippen molar-refractivity contribution in [2.24, 2.45) is 5.92 Å². The van der Waals surface area contributed by atoms with E-state index >= 15 is 0 Å². The van der Waals surface area contributed by atoms with Crippen molar-refractivity contribution in [2.45, 2.75) is 62.2 Å². The van der Waals surface area contributed by atoms with E-state index in [0.717, 1.165) is 25.4 Å². The summed E-state index contributed by atoms with van der Waals surface area (Å²) in [6, 6.07) is 6.65. The maximum absolute atomic E-state index is 9.97. The highest BCUT2D eigenvalue weighted by Crippen LogP contribution is 2.56. The van der Waals surface area contributed by atoms with Crippen LogP contribution in [0.5, 0.6) is 5.75 Å². The van der Waals surface area contributed by atoms with Crippen LogP contribution in [0.1, 0.15) is 43.2 Å². The average molecular weight is 431 g/mol. The number of hydrogen-bond acceptors (Lipinski definition) is 6. The molecule has 31 heavy (non-hydrogen) atoms. The average Bonchev–Trinajstić information content (AvgIpc) is 2.75. The maximum Gasteiger partial charge on any atom is 0.335 e. The summed E-state index contributed by atoms with van der Waals surface area (Å²) in [7, 11) is 0. The molecule has 1 saturated carbocycles. The standard InChI is InChI=1S/C19H23NO.C4H6O6/c1-2-10-20-11-9-19-8-4-3-5-16(19)18(20)12-14-6-7-15(21)13-17(14)19;5-1(3(7)8)2(6)4(9)10/h1,6-7,13,16,18,21H,3-5,8-12H2;1-2,5-6H,(H,7,8)(H,9,10)/t16-,18-,19-;1-,2-/m01/s1. The van der Waals surface area contributed by atoms with E-state index in [-0.39, 0.29) is 0 Å². The second-order valence-corrected chi connectivity index (χ2v) is 8.61. The third-order valence-electron chi connectivity index (χ3n) is 7.03. The summed E-state index contributed by atoms with van der Waals surface area (Å²) in [6.07, 6.45) is 8.64. The van der Waals surface area contributed by atoms with Crippen LogP contribution in [0, 0.1) is 18.3 Å². The highest BCUT2D eigenvalue weighted by atomic mass is 16.4. The summed E-state index contributed by atoms with van der Waals surface area (Å²) in [5, 5.41) is 42.5. The quantitative estimate of drug-likeness (QED) is 0.445. The number of nitrogens with zero attached hydrogens (tertiary/aromatic N) is 1. The zero-order valence-electron chi connectivity index (χ0n) is 17.3. The van der Waals surface area contributed by atoms with Gasteiger partial charge in [0, 0.05) is 18.0 Å². The Bertz CT molecular complexity index is 861. The predicted octanol–water partition coefficient (Wildman–Crippen LogP) is 0.961. The number of phenolic OH excluding ortho intramolecular Hbond substituents is 1. The van der Waals surface area contributed by atoms with Crippen molar-refractivity contribution in [3.63, 3.8) is 0 Å². The fraction of sp³-hybridized carbons (Fsp3) is 0.565. The van der Waals surface area contributed by atoms with Crippen LogP contribution in [0.25, 0.3) is 0 Å². The van der Waals surface area contributed by atoms with Gasteiger partial charge < -0.3 is 25.5 Å². The van der Waals surface area contributed by atoms with Gasteiger partial charge in [-0.25, -0.2) is 9.59 Å². The van der Waals surface area contributed by atoms with Crippen LogP contribution in [0.4, 0.5) is 0 Å². The molecular formula is C23H29NO7. The van der Waals surface area contributed by atoms with Crippen LogP contribution < -0.4 is 0 Å². The molecule has 1 aliphatic heterocycles. The van der Waals surface area contributed by atoms with Gasteiger partial charge >= 0.3 is 11.9 Å². The normalized spacial score (nSPS) is 28.5. The van der Waals surface area contributed by atoms with Gasteiger partial charge in [0.05, 0.1) is 6.54 Å². The molecule has 0 radical (unpaired) electrons. The zero-order valence-corrected chi connectivity index (χ0v) is 17.3. The molecule has 2 fully saturated rings. The van der Waals surface area contributed by atoms with Crippen molar-refractivity contribution in [1.82, 2.24) is 4.90 Å². The van der Waals surface area contributed by atoms with Crippen LogP contribution in [0.3, 0.4) is 0 Å². The van der Waals surface area contributed by atoms with Gasteiger partial charge in [0.1, 0.15) is 5.75 Å². The van der Waals surface area contributed by atoms with Crippen LogP contribution in [-0.4, -0.2) is 73.7 Å². The molecule has 0 amide bonds. The molecule has 8 nitrogen and oxygen atoms in total. The Morgan fingerprint density at radius 1 is 1.16 bits per heavy atom. The molecule has 8 heteroatoms. The number of benzene rings is 1. The number of piperidine rings is 1. The Labute approximate surface area is 181 Å². The Morgan fingerprint density at radius 3 is 2.45 bits per heavy atom. The molecule has 0 unspecified atom stereocenters. The third kappa shape index (κ3) is 4.40. The summed E-state index contributed by atoms with van der Waals surface area (Å²) in [5.74, 6) is 0.468. The van der Waals surface area contributed by atoms with Crippen LogP contribution >= 0.6 is 0 Å². The first-order valence-corrected chi connectivity index (χ1v) is 10.5. The Kier molecular flexibility index (Phi) is 6.90. The second kappa shape index (κ2) is 9.27. The third-order valence-corrected chi connectivity index (χ3v) is 7.03. The van der Waals surface area contributed by atoms with Crippen molar-refractivity contribution in [1.29, 1.82) is 0 Å². The van der Waals surface area contributed by atoms with Crippen molar-refractivity contribution in [3.05, 3.63) is 29.3 Å². The number of likely N-dealkylation sites (tertiary alicyclic amines) is 1. The molecule has 5 atom stereocenters. The molecular weight excluding hydrogens is 402 g/mol. The minimum atomic E-state index is -2.27. The molecule has 1 saturated heterocycles. The van der Waals surface area contributed by atoms with Gasteiger partial charge in [-0.05, 0) is 54.9 Å². The Morgan fingerprint density at radius 2 is 1.84 bits per heavy atom. The van der Waals surface area contributed by atoms with E-state index in [1.54, 1.807) is 0 Å². The van der Waals surface area contributed by atoms with Crippen molar-refractivity contribution in [3.8, 4) is 18.1 Å². The van der Waals surface area contributed by atoms with Gasteiger partial charge in [0.2, 0.25) is 0 Å². The first kappa shape index (κ1) is 23.1. The van der Waals surface area contributed by atoms with Gasteiger partial charge in [0.15, 0.2) is 12.2 Å². The highest BCUT2D eigenvalue weighted by molar-refractivity contribution is 5.83. The van der Waals surface area contributed by atoms with E-state index in [1.807, 2.05) is 6.07 Å². The minimum Gasteiger partial charge on any atom is -0.508 e. The number of aliphatic hydroxyl groups excluding tert-OH is 2. The lowest BCUT2D eigenvalue weighted by Gasteiger charge is -2.58. The molecule has 2 bridgehead atoms. The number of aromatic hydroxyl groups is 1. The molecule has 4 rings (SSSR count). The summed E-state index contributed by atoms with van der Waals surface area (Å²) in [6.45, 7) is 1.89. The van der Waals surface area contributed by atoms with Gasteiger partial charge in [-0.1, -0.05) is 24.8 Å². The monoisotopic (exact) mass is 431 g/mol. The summed E-state index contributed by atoms with van der Waals surface area (Å²) >= 11 is 0. The van der Waals surface area contributed by atoms with Gasteiger partial charge in [-0.3, -0.25) is 4.90 Å². The predicted molar refractivity (Wildman–Crippen MR) is 112 cm³/mol. The number of fused-ring (bicyclic) bond motifs is 1. The van der Waals surface area contributed by atoms with Crippen LogP contribution in [-0.2, 0) is 21.4 Å². The fourth-order valence-corrected chi connectivity index (χ4v) is 5.66. The van der Waals surface area contributed by atoms with Crippen molar-refractivity contribution in [2.75, 3.05) is 13.1 Å². The summed E-state index contributed by atoms with van der Waals surface area (Å²) in [5.41, 5.74) is 3.20. The lowest BCUT2D eigenvalue weighted by molar-refractivity contribution is -0.165. The number of rotatable bonds is 4. The van der Waals surface area contributed by atoms with Crippen LogP contribution in [0.15, 0.2) is 18.2 Å². The lowest BCUT2D eigenvalue weighted by atomic mass is 9.52. The number of hydrogen-bond donors (Lipinski definition) is 5. The van der Waals surface area contributed by atoms with Crippen molar-refractivity contribution >= 4 is 11.9 Å². The van der Waals surface area contributed by atoms with Crippen LogP contribution in [0.2, 0.25) is 0 Å². The maximum atomic E-state index is 9.97. The van der Waals surface area contributed by atoms with E-state index in [2.05, 4.69) is 23.0 Å². The second-order valence-electron chi connectivity index (χ2n) is 8.61. The molecule has 2 aliphatic carbocycles. The molecule has 5 N–H and O–H groups in total. The first-order valence-electron chi connectivity index (χ1n) is 10.5. The zero-order chi connectivity index (χ0) is 22.8. The van der Waals surface area contributed by atoms with E-state index in [4.69, 9.17) is 26.8 Å². The number of phenols is 1. The molecule has 3 aliphatic rings. The molecule has 1 heterocycles. The van der Waals surface area contributed by atoms with E-state index in [9.17, 15) is 14.7 Å². The number of terminal acetylenes is 1. The number of carboxylic acids is 2. The van der Waals surface area contributed by atoms with E-state index < -0.39 is 24.1 Å². The molecule has 1 aromatic rings. The number of carboxylic acid groups (broad SMARTS) is 2. The van der Waals surface area contributed by atoms with Gasteiger partial charge in [0.25, 0.3) is 0 Å². The van der Waals surface area contributed by atoms with Gasteiger partial charge in [-0.15, -0.1) is 6.42 Å².